The number of hydroxylamine groups is 2. The molecule has 1 aromatic carbocycles. The van der Waals surface area contributed by atoms with Crippen molar-refractivity contribution in [2.24, 2.45) is 23.9 Å². The zero-order valence-corrected chi connectivity index (χ0v) is 28.7. The number of aliphatic hydroxyl groups is 1. The van der Waals surface area contributed by atoms with Crippen molar-refractivity contribution in [3.63, 3.8) is 0 Å². The summed E-state index contributed by atoms with van der Waals surface area (Å²) >= 11 is 0.936. The van der Waals surface area contributed by atoms with Crippen LogP contribution in [0, 0.1) is 11.7 Å². The minimum Gasteiger partial charge on any atom is -0.724 e. The number of ether oxygens (including phenoxy) is 1. The Morgan fingerprint density at radius 1 is 1.33 bits per heavy atom. The predicted molar refractivity (Wildman–Crippen MR) is 171 cm³/mol. The first-order valence-corrected chi connectivity index (χ1v) is 16.7. The number of oxime groups is 1. The molecule has 0 spiro atoms. The number of hydrogen-bond donors (Lipinski definition) is 5. The molecule has 4 rings (SSSR count). The van der Waals surface area contributed by atoms with Crippen LogP contribution in [-0.2, 0) is 52.3 Å². The molecule has 0 bridgehead atoms. The number of nitrogens with zero attached hydrogens (tertiary/aromatic N) is 5. The minimum absolute atomic E-state index is 0.0350. The van der Waals surface area contributed by atoms with Gasteiger partial charge in [0, 0.05) is 30.0 Å². The van der Waals surface area contributed by atoms with Crippen LogP contribution in [0.15, 0.2) is 41.1 Å². The van der Waals surface area contributed by atoms with E-state index < -0.39 is 76.3 Å². The van der Waals surface area contributed by atoms with E-state index in [0.717, 1.165) is 17.4 Å². The number of β-lactam (4-membered cyclic amide) rings is 1. The summed E-state index contributed by atoms with van der Waals surface area (Å²) in [5.41, 5.74) is 9.87. The van der Waals surface area contributed by atoms with Crippen molar-refractivity contribution >= 4 is 56.7 Å². The molecule has 3 atom stereocenters. The molecule has 7 N–H and O–H groups in total. The molecular formula is C28H34FN7O13S2. The number of nitrogens with two attached hydrogens (primary N) is 2. The van der Waals surface area contributed by atoms with E-state index >= 15 is 4.39 Å². The fraction of sp³-hybridized carbons (Fsp3) is 0.393. The Kier molecular flexibility index (Phi) is 13.3. The third kappa shape index (κ3) is 10.2. The van der Waals surface area contributed by atoms with Crippen molar-refractivity contribution < 1.29 is 70.4 Å². The Balaban J connectivity index is 0.00000226. The van der Waals surface area contributed by atoms with E-state index in [0.29, 0.717) is 10.6 Å². The summed E-state index contributed by atoms with van der Waals surface area (Å²) in [4.78, 5) is 55.3. The number of aromatic nitrogens is 3. The summed E-state index contributed by atoms with van der Waals surface area (Å²) in [6.07, 6.45) is 0.104. The van der Waals surface area contributed by atoms with E-state index in [9.17, 15) is 37.6 Å². The number of rotatable bonds is 16. The van der Waals surface area contributed by atoms with E-state index in [2.05, 4.69) is 14.4 Å². The van der Waals surface area contributed by atoms with Gasteiger partial charge in [0.25, 0.3) is 18.5 Å². The predicted octanol–water partition coefficient (Wildman–Crippen LogP) is -0.981. The molecule has 0 unspecified atom stereocenters. The summed E-state index contributed by atoms with van der Waals surface area (Å²) in [7, 11) is -3.56. The van der Waals surface area contributed by atoms with Gasteiger partial charge in [-0.15, -0.1) is 16.0 Å². The van der Waals surface area contributed by atoms with Gasteiger partial charge in [0.05, 0.1) is 29.3 Å². The number of aliphatic hydroxyl groups excluding tert-OH is 1. The molecule has 2 aromatic heterocycles. The number of aryl methyl sites for hydroxylation is 1. The van der Waals surface area contributed by atoms with Crippen LogP contribution in [0.5, 0.6) is 5.75 Å². The second-order valence-electron chi connectivity index (χ2n) is 11.2. The molecule has 1 aliphatic heterocycles. The first-order valence-electron chi connectivity index (χ1n) is 14.5. The maximum Gasteiger partial charge on any atom is 0.351 e. The van der Waals surface area contributed by atoms with Crippen LogP contribution < -0.4 is 20.9 Å². The van der Waals surface area contributed by atoms with Crippen molar-refractivity contribution in [3.05, 3.63) is 47.5 Å². The van der Waals surface area contributed by atoms with Crippen molar-refractivity contribution in [2.75, 3.05) is 18.9 Å². The Morgan fingerprint density at radius 3 is 2.53 bits per heavy atom. The molecule has 0 radical (unpaired) electrons. The summed E-state index contributed by atoms with van der Waals surface area (Å²) < 4.78 is 61.0. The van der Waals surface area contributed by atoms with Gasteiger partial charge in [0.1, 0.15) is 30.4 Å². The maximum atomic E-state index is 15.1. The average Bonchev–Trinajstić information content (AvgIpc) is 3.64. The number of carboxylic acid groups (broad SMARTS) is 2. The van der Waals surface area contributed by atoms with Crippen LogP contribution >= 0.6 is 11.3 Å². The first kappa shape index (κ1) is 40.4. The number of anilines is 1. The van der Waals surface area contributed by atoms with Crippen LogP contribution in [0.3, 0.4) is 0 Å². The van der Waals surface area contributed by atoms with Crippen molar-refractivity contribution in [2.45, 2.75) is 44.6 Å². The topological polar surface area (TPSA) is 303 Å². The molecule has 0 saturated carbocycles. The number of ketones is 1. The number of hydrogen-bond acceptors (Lipinski definition) is 16. The summed E-state index contributed by atoms with van der Waals surface area (Å²) in [5, 5.41) is 31.9. The van der Waals surface area contributed by atoms with E-state index in [1.54, 1.807) is 28.8 Å². The lowest BCUT2D eigenvalue weighted by Crippen LogP contribution is -2.68. The highest BCUT2D eigenvalue weighted by molar-refractivity contribution is 7.80. The minimum atomic E-state index is -5.27. The van der Waals surface area contributed by atoms with Gasteiger partial charge in [-0.25, -0.2) is 22.6 Å². The highest BCUT2D eigenvalue weighted by Gasteiger charge is 2.57. The van der Waals surface area contributed by atoms with Gasteiger partial charge in [0.15, 0.2) is 23.7 Å². The Labute approximate surface area is 293 Å². The molecule has 1 amide bonds. The Morgan fingerprint density at radius 2 is 2.00 bits per heavy atom. The number of carbonyl (C=O) groups is 4. The molecule has 0 aliphatic carbocycles. The van der Waals surface area contributed by atoms with E-state index in [1.807, 2.05) is 0 Å². The molecule has 1 saturated heterocycles. The van der Waals surface area contributed by atoms with Gasteiger partial charge in [0.2, 0.25) is 16.6 Å². The maximum absolute atomic E-state index is 15.1. The van der Waals surface area contributed by atoms with Gasteiger partial charge in [-0.3, -0.25) is 14.4 Å². The van der Waals surface area contributed by atoms with Crippen LogP contribution in [0.1, 0.15) is 26.0 Å². The van der Waals surface area contributed by atoms with Crippen molar-refractivity contribution in [1.82, 2.24) is 14.7 Å². The lowest BCUT2D eigenvalue weighted by Gasteiger charge is -2.51. The fourth-order valence-corrected chi connectivity index (χ4v) is 5.71. The van der Waals surface area contributed by atoms with Gasteiger partial charge in [-0.05, 0) is 26.0 Å². The number of thiazole rings is 1. The number of carbonyl (C=O) groups excluding carboxylic acids is 2. The lowest BCUT2D eigenvalue weighted by molar-refractivity contribution is -0.754. The third-order valence-electron chi connectivity index (χ3n) is 7.35. The van der Waals surface area contributed by atoms with Crippen molar-refractivity contribution in [3.8, 4) is 16.9 Å². The molecule has 23 heteroatoms. The van der Waals surface area contributed by atoms with Crippen LogP contribution in [-0.4, -0.2) is 104 Å². The molecular weight excluding hydrogens is 725 g/mol. The molecule has 1 aliphatic rings. The van der Waals surface area contributed by atoms with Crippen LogP contribution in [0.25, 0.3) is 11.1 Å². The fourth-order valence-electron chi connectivity index (χ4n) is 4.71. The Hall–Kier alpha value is -5.07. The second kappa shape index (κ2) is 16.8. The van der Waals surface area contributed by atoms with E-state index in [1.165, 1.54) is 31.4 Å². The number of amides is 1. The average molecular weight is 760 g/mol. The zero-order valence-electron chi connectivity index (χ0n) is 27.1. The monoisotopic (exact) mass is 759 g/mol. The molecule has 278 valence electrons. The number of carboxylic acids is 1. The first-order chi connectivity index (χ1) is 23.8. The lowest BCUT2D eigenvalue weighted by atomic mass is 9.74. The molecule has 51 heavy (non-hydrogen) atoms. The molecule has 20 nitrogen and oxygen atoms in total. The quantitative estimate of drug-likeness (QED) is 0.0223. The molecule has 1 fully saturated rings. The molecule has 3 heterocycles. The standard InChI is InChI=1S/C27H32FN7O11S2.CH2O2/c1-27(2)18(24(38)35(27)46-48(41,42)43)7-21(37)23(20-13-47-26(30)31-20)32-45-22(25(39)40)12-44-16-4-5-17(19(28)6-16)14-9-33(3)34(10-14)11-15(36)8-29;2-1-3/h4-6,9-10,13,15,18,22,36H,7-8,11-12,29H2,1-3H3,(H3-,30,31,39,40,41,42,43);1H,(H,2,3)/b32-23-;/t15-,18+,22-;/m0./s1. The smallest absolute Gasteiger partial charge is 0.351 e. The number of nitrogen functional groups attached to an aromatic ring is 1. The summed E-state index contributed by atoms with van der Waals surface area (Å²) in [5.74, 6) is -5.23. The SMILES string of the molecule is C[n+]1cc(-c2ccc(OC[C@H](O/N=C(\C(=O)C[C@@H]3C(=O)N(OS(=O)(=O)[O-])C3(C)C)c3csc(N)n3)C(=O)O)cc2F)cn1C[C@@H](O)CN.O=CO. The van der Waals surface area contributed by atoms with E-state index in [-0.39, 0.29) is 41.7 Å². The van der Waals surface area contributed by atoms with Crippen LogP contribution in [0.2, 0.25) is 0 Å². The summed E-state index contributed by atoms with van der Waals surface area (Å²) in [6, 6.07) is 3.87. The van der Waals surface area contributed by atoms with Crippen LogP contribution in [0.4, 0.5) is 9.52 Å². The number of halogens is 1. The normalized spacial score (nSPS) is 16.7. The number of benzene rings is 1. The zero-order chi connectivity index (χ0) is 38.3. The van der Waals surface area contributed by atoms with Gasteiger partial charge in [-0.1, -0.05) is 5.16 Å². The number of aliphatic carboxylic acids is 1. The molecule has 3 aromatic rings. The third-order valence-corrected chi connectivity index (χ3v) is 8.35. The number of Topliss-reactive ketones (excluding diaryl/α,β-unsaturated/α-hetero) is 1. The van der Waals surface area contributed by atoms with Crippen molar-refractivity contribution in [1.29, 1.82) is 0 Å². The van der Waals surface area contributed by atoms with Gasteiger partial charge < -0.3 is 40.9 Å². The highest BCUT2D eigenvalue weighted by atomic mass is 32.3. The largest absolute Gasteiger partial charge is 0.724 e. The van der Waals surface area contributed by atoms with Gasteiger partial charge in [-0.2, -0.15) is 14.0 Å². The second-order valence-corrected chi connectivity index (χ2v) is 13.1. The van der Waals surface area contributed by atoms with Gasteiger partial charge >= 0.3 is 5.97 Å². The Bertz CT molecular complexity index is 1900. The highest BCUT2D eigenvalue weighted by Crippen LogP contribution is 2.40. The summed E-state index contributed by atoms with van der Waals surface area (Å²) in [6.45, 7) is 2.04. The van der Waals surface area contributed by atoms with E-state index in [4.69, 9.17) is 30.9 Å².